The number of pyridine rings is 1. The fourth-order valence-electron chi connectivity index (χ4n) is 2.16. The van der Waals surface area contributed by atoms with Crippen LogP contribution in [0.15, 0.2) is 18.5 Å². The summed E-state index contributed by atoms with van der Waals surface area (Å²) in [6.07, 6.45) is 6.39. The maximum absolute atomic E-state index is 11.9. The number of carbonyl (C=O) groups excluding carboxylic acids is 1. The van der Waals surface area contributed by atoms with Gasteiger partial charge in [0.2, 0.25) is 0 Å². The Hall–Kier alpha value is -1.09. The molecule has 0 aromatic carbocycles. The Labute approximate surface area is 100 Å². The van der Waals surface area contributed by atoms with Gasteiger partial charge in [0.25, 0.3) is 5.91 Å². The van der Waals surface area contributed by atoms with Gasteiger partial charge in [-0.05, 0) is 31.2 Å². The molecule has 1 aliphatic rings. The van der Waals surface area contributed by atoms with E-state index in [1.54, 1.807) is 12.3 Å². The molecule has 1 aromatic rings. The predicted molar refractivity (Wildman–Crippen MR) is 63.5 cm³/mol. The number of halogens is 1. The summed E-state index contributed by atoms with van der Waals surface area (Å²) in [4.78, 5) is 15.8. The summed E-state index contributed by atoms with van der Waals surface area (Å²) in [5, 5.41) is 3.42. The fraction of sp³-hybridized carbons (Fsp3) is 0.500. The van der Waals surface area contributed by atoms with Crippen molar-refractivity contribution in [3.63, 3.8) is 0 Å². The predicted octanol–water partition coefficient (Wildman–Crippen LogP) is 2.65. The number of hydrogen-bond acceptors (Lipinski definition) is 2. The molecule has 1 amide bonds. The molecule has 2 atom stereocenters. The lowest BCUT2D eigenvalue weighted by atomic mass is 10.1. The number of hydrogen-bond donors (Lipinski definition) is 1. The molecule has 1 saturated carbocycles. The van der Waals surface area contributed by atoms with Crippen LogP contribution in [0.5, 0.6) is 0 Å². The molecule has 0 saturated heterocycles. The number of aromatic nitrogens is 1. The van der Waals surface area contributed by atoms with Crippen LogP contribution in [0, 0.1) is 5.92 Å². The maximum Gasteiger partial charge on any atom is 0.253 e. The fourth-order valence-corrected chi connectivity index (χ4v) is 2.37. The highest BCUT2D eigenvalue weighted by molar-refractivity contribution is 6.33. The molecule has 0 bridgehead atoms. The molecule has 2 rings (SSSR count). The lowest BCUT2D eigenvalue weighted by Crippen LogP contribution is -2.33. The Morgan fingerprint density at radius 3 is 3.00 bits per heavy atom. The molecule has 3 nitrogen and oxygen atoms in total. The highest BCUT2D eigenvalue weighted by Crippen LogP contribution is 2.25. The van der Waals surface area contributed by atoms with Crippen LogP contribution in [0.3, 0.4) is 0 Å². The minimum Gasteiger partial charge on any atom is -0.349 e. The minimum absolute atomic E-state index is 0.0912. The van der Waals surface area contributed by atoms with Crippen LogP contribution in [-0.4, -0.2) is 16.9 Å². The van der Waals surface area contributed by atoms with Crippen molar-refractivity contribution in [2.75, 3.05) is 0 Å². The normalized spacial score (nSPS) is 24.4. The van der Waals surface area contributed by atoms with Gasteiger partial charge in [0.15, 0.2) is 0 Å². The molecule has 4 heteroatoms. The van der Waals surface area contributed by atoms with Gasteiger partial charge in [0.1, 0.15) is 0 Å². The van der Waals surface area contributed by atoms with E-state index in [9.17, 15) is 4.79 Å². The third-order valence-corrected chi connectivity index (χ3v) is 3.35. The minimum atomic E-state index is -0.0912. The van der Waals surface area contributed by atoms with Gasteiger partial charge in [-0.3, -0.25) is 9.78 Å². The van der Waals surface area contributed by atoms with E-state index in [1.807, 2.05) is 0 Å². The molecule has 1 aliphatic carbocycles. The highest BCUT2D eigenvalue weighted by Gasteiger charge is 2.23. The summed E-state index contributed by atoms with van der Waals surface area (Å²) in [6, 6.07) is 1.95. The van der Waals surface area contributed by atoms with Gasteiger partial charge in [-0.2, -0.15) is 0 Å². The van der Waals surface area contributed by atoms with Crippen LogP contribution < -0.4 is 5.32 Å². The number of amides is 1. The van der Waals surface area contributed by atoms with Crippen molar-refractivity contribution in [1.82, 2.24) is 10.3 Å². The van der Waals surface area contributed by atoms with Gasteiger partial charge >= 0.3 is 0 Å². The Kier molecular flexibility index (Phi) is 3.44. The average molecular weight is 239 g/mol. The Morgan fingerprint density at radius 2 is 2.38 bits per heavy atom. The average Bonchev–Trinajstić information content (AvgIpc) is 2.64. The largest absolute Gasteiger partial charge is 0.349 e. The summed E-state index contributed by atoms with van der Waals surface area (Å²) < 4.78 is 0. The van der Waals surface area contributed by atoms with Crippen molar-refractivity contribution in [1.29, 1.82) is 0 Å². The quantitative estimate of drug-likeness (QED) is 0.861. The first-order valence-corrected chi connectivity index (χ1v) is 5.95. The zero-order chi connectivity index (χ0) is 11.5. The van der Waals surface area contributed by atoms with Crippen molar-refractivity contribution < 1.29 is 4.79 Å². The second-order valence-electron chi connectivity index (χ2n) is 4.44. The Balaban J connectivity index is 2.01. The molecule has 1 N–H and O–H groups in total. The summed E-state index contributed by atoms with van der Waals surface area (Å²) in [7, 11) is 0. The van der Waals surface area contributed by atoms with Crippen LogP contribution >= 0.6 is 11.6 Å². The Morgan fingerprint density at radius 1 is 1.56 bits per heavy atom. The van der Waals surface area contributed by atoms with E-state index in [-0.39, 0.29) is 5.91 Å². The molecule has 0 radical (unpaired) electrons. The molecular formula is C12H15ClN2O. The van der Waals surface area contributed by atoms with E-state index >= 15 is 0 Å². The van der Waals surface area contributed by atoms with Crippen molar-refractivity contribution in [2.24, 2.45) is 5.92 Å². The lowest BCUT2D eigenvalue weighted by Gasteiger charge is -2.12. The molecular weight excluding hydrogens is 224 g/mol. The van der Waals surface area contributed by atoms with E-state index in [1.165, 1.54) is 12.6 Å². The van der Waals surface area contributed by atoms with E-state index in [4.69, 9.17) is 11.6 Å². The van der Waals surface area contributed by atoms with Crippen LogP contribution in [0.25, 0.3) is 0 Å². The van der Waals surface area contributed by atoms with Crippen LogP contribution in [0.4, 0.5) is 0 Å². The first-order chi connectivity index (χ1) is 7.66. The monoisotopic (exact) mass is 238 g/mol. The van der Waals surface area contributed by atoms with Crippen LogP contribution in [-0.2, 0) is 0 Å². The maximum atomic E-state index is 11.9. The molecule has 1 aromatic heterocycles. The summed E-state index contributed by atoms with van der Waals surface area (Å²) >= 11 is 5.91. The molecule has 0 aliphatic heterocycles. The number of nitrogens with one attached hydrogen (secondary N) is 1. The van der Waals surface area contributed by atoms with Gasteiger partial charge in [-0.1, -0.05) is 18.5 Å². The number of rotatable bonds is 2. The highest BCUT2D eigenvalue weighted by atomic mass is 35.5. The first kappa shape index (κ1) is 11.4. The van der Waals surface area contributed by atoms with Crippen LogP contribution in [0.2, 0.25) is 5.02 Å². The van der Waals surface area contributed by atoms with E-state index in [0.717, 1.165) is 12.8 Å². The van der Waals surface area contributed by atoms with Crippen molar-refractivity contribution in [3.8, 4) is 0 Å². The van der Waals surface area contributed by atoms with Crippen LogP contribution in [0.1, 0.15) is 36.5 Å². The SMILES string of the molecule is CC1CCC(NC(=O)c2ccncc2Cl)C1. The molecule has 2 unspecified atom stereocenters. The molecule has 1 heterocycles. The van der Waals surface area contributed by atoms with E-state index in [2.05, 4.69) is 17.2 Å². The first-order valence-electron chi connectivity index (χ1n) is 5.57. The smallest absolute Gasteiger partial charge is 0.253 e. The van der Waals surface area contributed by atoms with Crippen molar-refractivity contribution in [3.05, 3.63) is 29.0 Å². The summed E-state index contributed by atoms with van der Waals surface area (Å²) in [5.41, 5.74) is 0.510. The van der Waals surface area contributed by atoms with Gasteiger partial charge in [-0.15, -0.1) is 0 Å². The molecule has 1 fully saturated rings. The third kappa shape index (κ3) is 2.53. The van der Waals surface area contributed by atoms with Crippen molar-refractivity contribution >= 4 is 17.5 Å². The standard InChI is InChI=1S/C12H15ClN2O/c1-8-2-3-9(6-8)15-12(16)10-4-5-14-7-11(10)13/h4-5,7-9H,2-3,6H2,1H3,(H,15,16). The number of nitrogens with zero attached hydrogens (tertiary/aromatic N) is 1. The van der Waals surface area contributed by atoms with E-state index in [0.29, 0.717) is 22.5 Å². The summed E-state index contributed by atoms with van der Waals surface area (Å²) in [5.74, 6) is 0.615. The summed E-state index contributed by atoms with van der Waals surface area (Å²) in [6.45, 7) is 2.21. The second kappa shape index (κ2) is 4.83. The zero-order valence-electron chi connectivity index (χ0n) is 9.24. The van der Waals surface area contributed by atoms with Gasteiger partial charge < -0.3 is 5.32 Å². The molecule has 86 valence electrons. The molecule has 16 heavy (non-hydrogen) atoms. The van der Waals surface area contributed by atoms with Gasteiger partial charge in [-0.25, -0.2) is 0 Å². The number of carbonyl (C=O) groups is 1. The lowest BCUT2D eigenvalue weighted by molar-refractivity contribution is 0.0937. The van der Waals surface area contributed by atoms with E-state index < -0.39 is 0 Å². The molecule has 0 spiro atoms. The topological polar surface area (TPSA) is 42.0 Å². The second-order valence-corrected chi connectivity index (χ2v) is 4.85. The van der Waals surface area contributed by atoms with Crippen molar-refractivity contribution in [2.45, 2.75) is 32.2 Å². The van der Waals surface area contributed by atoms with Gasteiger partial charge in [0, 0.05) is 18.4 Å². The Bertz CT molecular complexity index is 394. The van der Waals surface area contributed by atoms with Gasteiger partial charge in [0.05, 0.1) is 10.6 Å². The zero-order valence-corrected chi connectivity index (χ0v) is 10.00. The third-order valence-electron chi connectivity index (χ3n) is 3.05.